The number of rotatable bonds is 0. The Kier molecular flexibility index (Phi) is 3.83. The van der Waals surface area contributed by atoms with Crippen LogP contribution >= 0.6 is 23.5 Å². The van der Waals surface area contributed by atoms with Gasteiger partial charge in [0.25, 0.3) is 0 Å². The Hall–Kier alpha value is 0.370. The zero-order valence-corrected chi connectivity index (χ0v) is 10.2. The summed E-state index contributed by atoms with van der Waals surface area (Å²) in [6, 6.07) is 0. The molecule has 0 bridgehead atoms. The van der Waals surface area contributed by atoms with Gasteiger partial charge >= 0.3 is 0 Å². The maximum Gasteiger partial charge on any atom is 0.158 e. The first-order chi connectivity index (χ1) is 6.83. The van der Waals surface area contributed by atoms with Crippen molar-refractivity contribution in [3.63, 3.8) is 0 Å². The Morgan fingerprint density at radius 3 is 2.43 bits per heavy atom. The van der Waals surface area contributed by atoms with E-state index in [-0.39, 0.29) is 4.08 Å². The fourth-order valence-electron chi connectivity index (χ4n) is 2.21. The first kappa shape index (κ1) is 10.9. The van der Waals surface area contributed by atoms with Gasteiger partial charge in [0.05, 0.1) is 0 Å². The van der Waals surface area contributed by atoms with Crippen molar-refractivity contribution >= 4 is 29.3 Å². The number of carbonyl (C=O) groups is 1. The predicted octanol–water partition coefficient (Wildman–Crippen LogP) is 3.48. The molecule has 3 heteroatoms. The van der Waals surface area contributed by atoms with Gasteiger partial charge < -0.3 is 0 Å². The van der Waals surface area contributed by atoms with E-state index < -0.39 is 0 Å². The summed E-state index contributed by atoms with van der Waals surface area (Å²) in [5.74, 6) is 2.92. The van der Waals surface area contributed by atoms with Crippen LogP contribution in [0.15, 0.2) is 0 Å². The monoisotopic (exact) mass is 230 g/mol. The minimum absolute atomic E-state index is 0.0152. The Morgan fingerprint density at radius 2 is 1.64 bits per heavy atom. The van der Waals surface area contributed by atoms with Gasteiger partial charge in [-0.05, 0) is 30.8 Å². The van der Waals surface area contributed by atoms with E-state index >= 15 is 0 Å². The molecule has 1 aliphatic heterocycles. The van der Waals surface area contributed by atoms with Crippen LogP contribution in [0, 0.1) is 0 Å². The highest BCUT2D eigenvalue weighted by Crippen LogP contribution is 2.48. The fourth-order valence-corrected chi connectivity index (χ4v) is 5.56. The van der Waals surface area contributed by atoms with Crippen molar-refractivity contribution in [3.05, 3.63) is 0 Å². The molecule has 14 heavy (non-hydrogen) atoms. The van der Waals surface area contributed by atoms with Crippen molar-refractivity contribution in [1.29, 1.82) is 0 Å². The van der Waals surface area contributed by atoms with Gasteiger partial charge in [-0.25, -0.2) is 0 Å². The standard InChI is InChI=1S/C11H18OS2/c12-10-6-3-1-2-4-7-11(10)13-8-5-9-14-11/h1-9H2. The van der Waals surface area contributed by atoms with E-state index in [9.17, 15) is 4.79 Å². The normalized spacial score (nSPS) is 28.4. The molecule has 0 aromatic carbocycles. The number of hydrogen-bond donors (Lipinski definition) is 0. The molecule has 0 N–H and O–H groups in total. The quantitative estimate of drug-likeness (QED) is 0.634. The molecule has 0 aromatic heterocycles. The van der Waals surface area contributed by atoms with Crippen molar-refractivity contribution in [2.24, 2.45) is 0 Å². The molecule has 0 aromatic rings. The molecule has 2 rings (SSSR count). The second-order valence-electron chi connectivity index (χ2n) is 4.14. The van der Waals surface area contributed by atoms with Gasteiger partial charge in [0.1, 0.15) is 4.08 Å². The Labute approximate surface area is 94.8 Å². The largest absolute Gasteiger partial charge is 0.297 e. The third-order valence-electron chi connectivity index (χ3n) is 3.04. The average Bonchev–Trinajstić information content (AvgIpc) is 2.22. The van der Waals surface area contributed by atoms with Crippen molar-refractivity contribution in [2.75, 3.05) is 11.5 Å². The topological polar surface area (TPSA) is 17.1 Å². The van der Waals surface area contributed by atoms with Crippen LogP contribution in [-0.2, 0) is 4.79 Å². The number of hydrogen-bond acceptors (Lipinski definition) is 3. The van der Waals surface area contributed by atoms with Gasteiger partial charge in [0, 0.05) is 6.42 Å². The van der Waals surface area contributed by atoms with E-state index in [1.54, 1.807) is 0 Å². The average molecular weight is 230 g/mol. The predicted molar refractivity (Wildman–Crippen MR) is 65.0 cm³/mol. The van der Waals surface area contributed by atoms with Gasteiger partial charge in [-0.15, -0.1) is 23.5 Å². The van der Waals surface area contributed by atoms with Crippen LogP contribution in [0.25, 0.3) is 0 Å². The molecule has 0 amide bonds. The minimum atomic E-state index is -0.0152. The summed E-state index contributed by atoms with van der Waals surface area (Å²) < 4.78 is -0.0152. The SMILES string of the molecule is O=C1CCCCCCC12SCCCS2. The van der Waals surface area contributed by atoms with Gasteiger partial charge in [-0.1, -0.05) is 19.3 Å². The molecule has 0 atom stereocenters. The number of Topliss-reactive ketones (excluding diaryl/α,β-unsaturated/α-hetero) is 1. The maximum absolute atomic E-state index is 12.1. The summed E-state index contributed by atoms with van der Waals surface area (Å²) in [7, 11) is 0. The number of thioether (sulfide) groups is 2. The summed E-state index contributed by atoms with van der Waals surface area (Å²) in [5.41, 5.74) is 0. The molecular weight excluding hydrogens is 212 g/mol. The molecule has 1 heterocycles. The van der Waals surface area contributed by atoms with Crippen molar-refractivity contribution in [3.8, 4) is 0 Å². The van der Waals surface area contributed by atoms with Crippen molar-refractivity contribution in [2.45, 2.75) is 49.0 Å². The van der Waals surface area contributed by atoms with Gasteiger partial charge in [-0.3, -0.25) is 4.79 Å². The Balaban J connectivity index is 2.06. The molecular formula is C11H18OS2. The van der Waals surface area contributed by atoms with E-state index in [0.29, 0.717) is 5.78 Å². The first-order valence-electron chi connectivity index (χ1n) is 5.65. The number of carbonyl (C=O) groups excluding carboxylic acids is 1. The maximum atomic E-state index is 12.1. The molecule has 2 aliphatic rings. The van der Waals surface area contributed by atoms with Crippen LogP contribution in [0.2, 0.25) is 0 Å². The van der Waals surface area contributed by atoms with Gasteiger partial charge in [-0.2, -0.15) is 0 Å². The Morgan fingerprint density at radius 1 is 0.929 bits per heavy atom. The van der Waals surface area contributed by atoms with E-state index in [4.69, 9.17) is 0 Å². The van der Waals surface area contributed by atoms with Crippen LogP contribution in [0.4, 0.5) is 0 Å². The molecule has 1 aliphatic carbocycles. The van der Waals surface area contributed by atoms with E-state index in [2.05, 4.69) is 0 Å². The molecule has 2 fully saturated rings. The molecule has 1 nitrogen and oxygen atoms in total. The minimum Gasteiger partial charge on any atom is -0.297 e. The Bertz CT molecular complexity index is 209. The van der Waals surface area contributed by atoms with Crippen LogP contribution in [0.3, 0.4) is 0 Å². The third kappa shape index (κ3) is 2.30. The smallest absolute Gasteiger partial charge is 0.158 e. The summed E-state index contributed by atoms with van der Waals surface area (Å²) in [6.45, 7) is 0. The second kappa shape index (κ2) is 4.93. The molecule has 1 spiro atoms. The van der Waals surface area contributed by atoms with Gasteiger partial charge in [0.15, 0.2) is 5.78 Å². The summed E-state index contributed by atoms with van der Waals surface area (Å²) in [4.78, 5) is 12.1. The lowest BCUT2D eigenvalue weighted by molar-refractivity contribution is -0.119. The van der Waals surface area contributed by atoms with E-state index in [1.165, 1.54) is 37.2 Å². The molecule has 80 valence electrons. The highest BCUT2D eigenvalue weighted by atomic mass is 32.2. The summed E-state index contributed by atoms with van der Waals surface area (Å²) in [5, 5.41) is 0. The van der Waals surface area contributed by atoms with Crippen LogP contribution in [0.5, 0.6) is 0 Å². The van der Waals surface area contributed by atoms with Crippen molar-refractivity contribution in [1.82, 2.24) is 0 Å². The van der Waals surface area contributed by atoms with E-state index in [0.717, 1.165) is 19.3 Å². The van der Waals surface area contributed by atoms with Crippen LogP contribution in [-0.4, -0.2) is 21.4 Å². The van der Waals surface area contributed by atoms with Crippen LogP contribution < -0.4 is 0 Å². The fraction of sp³-hybridized carbons (Fsp3) is 0.909. The molecule has 1 saturated heterocycles. The highest BCUT2D eigenvalue weighted by Gasteiger charge is 2.40. The second-order valence-corrected chi connectivity index (χ2v) is 7.19. The molecule has 0 radical (unpaired) electrons. The molecule has 1 saturated carbocycles. The van der Waals surface area contributed by atoms with Crippen molar-refractivity contribution < 1.29 is 4.79 Å². The third-order valence-corrected chi connectivity index (χ3v) is 6.53. The lowest BCUT2D eigenvalue weighted by Crippen LogP contribution is -2.35. The van der Waals surface area contributed by atoms with Gasteiger partial charge in [0.2, 0.25) is 0 Å². The first-order valence-corrected chi connectivity index (χ1v) is 7.62. The zero-order chi connectivity index (χ0) is 9.86. The lowest BCUT2D eigenvalue weighted by Gasteiger charge is -2.35. The number of ketones is 1. The highest BCUT2D eigenvalue weighted by molar-refractivity contribution is 8.19. The lowest BCUT2D eigenvalue weighted by atomic mass is 9.99. The summed E-state index contributed by atoms with van der Waals surface area (Å²) in [6.07, 6.45) is 8.21. The zero-order valence-electron chi connectivity index (χ0n) is 8.59. The van der Waals surface area contributed by atoms with E-state index in [1.807, 2.05) is 23.5 Å². The van der Waals surface area contributed by atoms with Crippen LogP contribution in [0.1, 0.15) is 44.9 Å². The summed E-state index contributed by atoms with van der Waals surface area (Å²) >= 11 is 3.86. The molecule has 0 unspecified atom stereocenters.